The lowest BCUT2D eigenvalue weighted by atomic mass is 9.85. The molecule has 2 bridgehead atoms. The number of hydrazone groups is 1. The molecule has 0 unspecified atom stereocenters. The van der Waals surface area contributed by atoms with Gasteiger partial charge in [-0.3, -0.25) is 9.59 Å². The molecule has 0 spiro atoms. The third kappa shape index (κ3) is 3.23. The van der Waals surface area contributed by atoms with Crippen LogP contribution in [0.15, 0.2) is 59.7 Å². The average Bonchev–Trinajstić information content (AvgIpc) is 3.41. The van der Waals surface area contributed by atoms with E-state index in [1.165, 1.54) is 11.8 Å². The van der Waals surface area contributed by atoms with Crippen LogP contribution in [-0.2, 0) is 16.2 Å². The molecule has 5 nitrogen and oxygen atoms in total. The molecule has 2 fully saturated rings. The van der Waals surface area contributed by atoms with Gasteiger partial charge in [-0.15, -0.1) is 0 Å². The van der Waals surface area contributed by atoms with Gasteiger partial charge in [0.1, 0.15) is 12.4 Å². The Morgan fingerprint density at radius 3 is 2.37 bits per heavy atom. The molecule has 0 radical (unpaired) electrons. The normalized spacial score (nSPS) is 26.8. The van der Waals surface area contributed by atoms with Crippen LogP contribution in [0.5, 0.6) is 5.75 Å². The summed E-state index contributed by atoms with van der Waals surface area (Å²) in [6.45, 7) is 2.46. The lowest BCUT2D eigenvalue weighted by Gasteiger charge is -2.13. The molecule has 6 heteroatoms. The molecule has 152 valence electrons. The van der Waals surface area contributed by atoms with Crippen LogP contribution in [-0.4, -0.2) is 23.0 Å². The highest BCUT2D eigenvalue weighted by Gasteiger charge is 2.59. The summed E-state index contributed by atoms with van der Waals surface area (Å²) in [4.78, 5) is 25.4. The first-order chi connectivity index (χ1) is 14.5. The zero-order chi connectivity index (χ0) is 20.8. The van der Waals surface area contributed by atoms with Gasteiger partial charge in [-0.1, -0.05) is 53.6 Å². The molecule has 2 aliphatic carbocycles. The molecule has 5 rings (SSSR count). The van der Waals surface area contributed by atoms with Gasteiger partial charge in [-0.05, 0) is 54.5 Å². The van der Waals surface area contributed by atoms with Crippen LogP contribution in [0.1, 0.15) is 23.1 Å². The minimum absolute atomic E-state index is 0.177. The molecule has 30 heavy (non-hydrogen) atoms. The van der Waals surface area contributed by atoms with E-state index in [1.54, 1.807) is 18.2 Å². The van der Waals surface area contributed by atoms with E-state index in [2.05, 4.69) is 17.3 Å². The van der Waals surface area contributed by atoms with Crippen LogP contribution in [0.4, 0.5) is 0 Å². The number of hydrogen-bond donors (Lipinski definition) is 0. The first-order valence-corrected chi connectivity index (χ1v) is 10.5. The van der Waals surface area contributed by atoms with Crippen molar-refractivity contribution in [1.29, 1.82) is 0 Å². The van der Waals surface area contributed by atoms with Gasteiger partial charge in [0.2, 0.25) is 0 Å². The Hall–Kier alpha value is -2.92. The number of imide groups is 1. The molecule has 2 aromatic carbocycles. The molecule has 1 heterocycles. The summed E-state index contributed by atoms with van der Waals surface area (Å²) >= 11 is 6.36. The maximum atomic E-state index is 12.7. The van der Waals surface area contributed by atoms with Crippen molar-refractivity contribution in [3.63, 3.8) is 0 Å². The van der Waals surface area contributed by atoms with Crippen molar-refractivity contribution in [1.82, 2.24) is 5.01 Å². The fourth-order valence-electron chi connectivity index (χ4n) is 4.68. The second-order valence-corrected chi connectivity index (χ2v) is 8.60. The summed E-state index contributed by atoms with van der Waals surface area (Å²) in [5.74, 6) is 0.0492. The Balaban J connectivity index is 1.26. The molecule has 4 atom stereocenters. The Morgan fingerprint density at radius 1 is 1.07 bits per heavy atom. The Morgan fingerprint density at radius 2 is 1.73 bits per heavy atom. The fraction of sp³-hybridized carbons (Fsp3) is 0.292. The fourth-order valence-corrected chi connectivity index (χ4v) is 4.93. The largest absolute Gasteiger partial charge is 0.487 e. The highest BCUT2D eigenvalue weighted by molar-refractivity contribution is 6.32. The van der Waals surface area contributed by atoms with Crippen LogP contribution in [0.2, 0.25) is 5.02 Å². The third-order valence-electron chi connectivity index (χ3n) is 6.24. The standard InChI is InChI=1S/C24H21ClN2O3/c1-14-2-4-15(5-3-14)13-30-20-9-6-16(10-19(20)25)12-26-27-23(28)21-17-7-8-18(11-17)22(21)24(27)29/h2-10,12,17-18,21-22H,11,13H2,1H3/t17-,18-,21-,22+/m0/s1. The number of hydrogen-bond acceptors (Lipinski definition) is 4. The maximum Gasteiger partial charge on any atom is 0.254 e. The number of aryl methyl sites for hydroxylation is 1. The van der Waals surface area contributed by atoms with E-state index in [-0.39, 0.29) is 35.5 Å². The first kappa shape index (κ1) is 19.1. The zero-order valence-electron chi connectivity index (χ0n) is 16.5. The monoisotopic (exact) mass is 420 g/mol. The predicted octanol–water partition coefficient (Wildman–Crippen LogP) is 4.37. The van der Waals surface area contributed by atoms with Crippen molar-refractivity contribution in [3.05, 3.63) is 76.3 Å². The first-order valence-electron chi connectivity index (χ1n) is 10.1. The molecule has 3 aliphatic rings. The van der Waals surface area contributed by atoms with Crippen LogP contribution in [0.3, 0.4) is 0 Å². The molecule has 1 saturated carbocycles. The molecule has 2 aromatic rings. The number of carbonyl (C=O) groups excluding carboxylic acids is 2. The third-order valence-corrected chi connectivity index (χ3v) is 6.54. The molecule has 0 N–H and O–H groups in total. The quantitative estimate of drug-likeness (QED) is 0.410. The van der Waals surface area contributed by atoms with Crippen molar-refractivity contribution in [2.45, 2.75) is 20.0 Å². The number of amides is 2. The SMILES string of the molecule is Cc1ccc(COc2ccc(C=NN3C(=O)[C@@H]4[C@H](C3=O)[C@H]3C=C[C@H]4C3)cc2Cl)cc1. The van der Waals surface area contributed by atoms with Crippen LogP contribution < -0.4 is 4.74 Å². The number of fused-ring (bicyclic) bond motifs is 5. The highest BCUT2D eigenvalue weighted by Crippen LogP contribution is 2.52. The van der Waals surface area contributed by atoms with E-state index in [0.717, 1.165) is 17.0 Å². The Kier molecular flexibility index (Phi) is 4.70. The van der Waals surface area contributed by atoms with Crippen molar-refractivity contribution in [2.24, 2.45) is 28.8 Å². The molecule has 1 saturated heterocycles. The summed E-state index contributed by atoms with van der Waals surface area (Å²) in [6, 6.07) is 13.4. The summed E-state index contributed by atoms with van der Waals surface area (Å²) < 4.78 is 5.81. The second kappa shape index (κ2) is 7.40. The lowest BCUT2D eigenvalue weighted by molar-refractivity contribution is -0.140. The van der Waals surface area contributed by atoms with Crippen LogP contribution in [0.25, 0.3) is 0 Å². The summed E-state index contributed by atoms with van der Waals surface area (Å²) in [6.07, 6.45) is 6.55. The number of ether oxygens (including phenoxy) is 1. The Labute approximate surface area is 180 Å². The van der Waals surface area contributed by atoms with Gasteiger partial charge in [-0.25, -0.2) is 0 Å². The van der Waals surface area contributed by atoms with Crippen molar-refractivity contribution < 1.29 is 14.3 Å². The van der Waals surface area contributed by atoms with Gasteiger partial charge in [0.25, 0.3) is 11.8 Å². The van der Waals surface area contributed by atoms with Gasteiger partial charge in [0.15, 0.2) is 0 Å². The number of allylic oxidation sites excluding steroid dienone is 2. The lowest BCUT2D eigenvalue weighted by Crippen LogP contribution is -2.28. The summed E-state index contributed by atoms with van der Waals surface area (Å²) in [5, 5.41) is 5.68. The van der Waals surface area contributed by atoms with E-state index in [0.29, 0.717) is 22.9 Å². The number of rotatable bonds is 5. The van der Waals surface area contributed by atoms with Gasteiger partial charge < -0.3 is 4.74 Å². The predicted molar refractivity (Wildman–Crippen MR) is 114 cm³/mol. The van der Waals surface area contributed by atoms with E-state index in [1.807, 2.05) is 31.2 Å². The van der Waals surface area contributed by atoms with Crippen molar-refractivity contribution in [3.8, 4) is 5.75 Å². The summed E-state index contributed by atoms with van der Waals surface area (Å²) in [5.41, 5.74) is 2.95. The second-order valence-electron chi connectivity index (χ2n) is 8.20. The average molecular weight is 421 g/mol. The smallest absolute Gasteiger partial charge is 0.254 e. The maximum absolute atomic E-state index is 12.7. The van der Waals surface area contributed by atoms with Gasteiger partial charge in [0, 0.05) is 0 Å². The van der Waals surface area contributed by atoms with E-state index in [9.17, 15) is 9.59 Å². The minimum atomic E-state index is -0.245. The molecule has 0 aromatic heterocycles. The topological polar surface area (TPSA) is 59.0 Å². The molecular weight excluding hydrogens is 400 g/mol. The summed E-state index contributed by atoms with van der Waals surface area (Å²) in [7, 11) is 0. The van der Waals surface area contributed by atoms with E-state index < -0.39 is 0 Å². The van der Waals surface area contributed by atoms with Crippen LogP contribution in [0, 0.1) is 30.6 Å². The minimum Gasteiger partial charge on any atom is -0.487 e. The number of halogens is 1. The van der Waals surface area contributed by atoms with Crippen molar-refractivity contribution >= 4 is 29.6 Å². The van der Waals surface area contributed by atoms with Crippen LogP contribution >= 0.6 is 11.6 Å². The molecular formula is C24H21ClN2O3. The van der Waals surface area contributed by atoms with Gasteiger partial charge >= 0.3 is 0 Å². The van der Waals surface area contributed by atoms with E-state index >= 15 is 0 Å². The number of benzene rings is 2. The van der Waals surface area contributed by atoms with E-state index in [4.69, 9.17) is 16.3 Å². The molecule has 2 amide bonds. The Bertz CT molecular complexity index is 1050. The van der Waals surface area contributed by atoms with Gasteiger partial charge in [0.05, 0.1) is 23.1 Å². The number of carbonyl (C=O) groups is 2. The highest BCUT2D eigenvalue weighted by atomic mass is 35.5. The van der Waals surface area contributed by atoms with Gasteiger partial charge in [-0.2, -0.15) is 10.1 Å². The van der Waals surface area contributed by atoms with Crippen molar-refractivity contribution in [2.75, 3.05) is 0 Å². The zero-order valence-corrected chi connectivity index (χ0v) is 17.3. The molecule has 1 aliphatic heterocycles. The number of nitrogens with zero attached hydrogens (tertiary/aromatic N) is 2.